The van der Waals surface area contributed by atoms with E-state index in [9.17, 15) is 19.5 Å². The van der Waals surface area contributed by atoms with Gasteiger partial charge in [0.15, 0.2) is 5.60 Å². The zero-order chi connectivity index (χ0) is 44.2. The first kappa shape index (κ1) is 43.7. The fraction of sp³-hybridized carbons (Fsp3) is 0.292. The Morgan fingerprint density at radius 2 is 1.37 bits per heavy atom. The molecule has 1 spiro atoms. The molecular formula is C48H51FN4O8Si. The molecule has 12 nitrogen and oxygen atoms in total. The Hall–Kier alpha value is -6.35. The Morgan fingerprint density at radius 1 is 0.806 bits per heavy atom. The van der Waals surface area contributed by atoms with Crippen molar-refractivity contribution >= 4 is 49.1 Å². The predicted molar refractivity (Wildman–Crippen MR) is 238 cm³/mol. The van der Waals surface area contributed by atoms with Gasteiger partial charge in [0.25, 0.3) is 17.7 Å². The molecule has 5 aromatic rings. The lowest BCUT2D eigenvalue weighted by Gasteiger charge is -2.31. The zero-order valence-electron chi connectivity index (χ0n) is 35.4. The summed E-state index contributed by atoms with van der Waals surface area (Å²) in [4.78, 5) is 58.9. The molecule has 14 heteroatoms. The van der Waals surface area contributed by atoms with Crippen molar-refractivity contribution in [3.63, 3.8) is 0 Å². The van der Waals surface area contributed by atoms with Gasteiger partial charge in [0.1, 0.15) is 11.5 Å². The van der Waals surface area contributed by atoms with Crippen LogP contribution in [0.15, 0.2) is 121 Å². The number of hydrogen-bond donors (Lipinski definition) is 3. The molecule has 0 aliphatic carbocycles. The van der Waals surface area contributed by atoms with E-state index in [4.69, 9.17) is 14.2 Å². The average Bonchev–Trinajstić information content (AvgIpc) is 3.69. The SMILES string of the molecule is COc1ccc(C(=O)Nc2ccc(CN3C(=O)[C@@]4(O[C@@H](CC(=O)N(CCO)Cc5ccccc5)[C@H]([Si](C)(C)F)[C@H]4C)c4cc(NC(=O)c5ccc(OC)cc5)ccc43)cc2)cc1. The van der Waals surface area contributed by atoms with Gasteiger partial charge in [-0.05, 0) is 103 Å². The van der Waals surface area contributed by atoms with E-state index in [1.54, 1.807) is 111 Å². The second kappa shape index (κ2) is 18.3. The number of nitrogens with one attached hydrogen (secondary N) is 2. The predicted octanol–water partition coefficient (Wildman–Crippen LogP) is 7.94. The molecule has 1 saturated heterocycles. The van der Waals surface area contributed by atoms with Crippen molar-refractivity contribution < 1.29 is 42.6 Å². The number of rotatable bonds is 15. The van der Waals surface area contributed by atoms with Crippen LogP contribution in [0.1, 0.15) is 50.8 Å². The Balaban J connectivity index is 1.21. The molecule has 5 aromatic carbocycles. The van der Waals surface area contributed by atoms with E-state index in [0.29, 0.717) is 45.3 Å². The van der Waals surface area contributed by atoms with Crippen molar-refractivity contribution in [3.05, 3.63) is 149 Å². The number of anilines is 3. The van der Waals surface area contributed by atoms with Gasteiger partial charge in [-0.3, -0.25) is 19.2 Å². The molecule has 322 valence electrons. The van der Waals surface area contributed by atoms with Crippen LogP contribution in [0.5, 0.6) is 11.5 Å². The summed E-state index contributed by atoms with van der Waals surface area (Å²) >= 11 is 0. The molecule has 0 aromatic heterocycles. The second-order valence-electron chi connectivity index (χ2n) is 16.2. The lowest BCUT2D eigenvalue weighted by molar-refractivity contribution is -0.150. The van der Waals surface area contributed by atoms with Crippen molar-refractivity contribution in [2.24, 2.45) is 5.92 Å². The van der Waals surface area contributed by atoms with Gasteiger partial charge in [-0.1, -0.05) is 49.4 Å². The largest absolute Gasteiger partial charge is 0.497 e. The fourth-order valence-corrected chi connectivity index (χ4v) is 11.3. The number of hydrogen-bond acceptors (Lipinski definition) is 8. The monoisotopic (exact) mass is 858 g/mol. The highest BCUT2D eigenvalue weighted by atomic mass is 28.4. The van der Waals surface area contributed by atoms with E-state index in [1.807, 2.05) is 49.4 Å². The number of ether oxygens (including phenoxy) is 3. The molecule has 0 bridgehead atoms. The first-order valence-electron chi connectivity index (χ1n) is 20.5. The van der Waals surface area contributed by atoms with Gasteiger partial charge >= 0.3 is 0 Å². The standard InChI is InChI=1S/C48H51FN4O8Si/c1-31-44(62(4,5)49)42(28-43(55)52(25-26-54)29-32-9-7-6-8-10-32)61-48(31)40-27-37(51-46(57)35-15-22-39(60-3)23-16-35)19-24-41(40)53(47(48)58)30-33-11-17-36(18-12-33)50-45(56)34-13-20-38(59-2)21-14-34/h6-24,27,31,42,44,54H,25-26,28-30H2,1-5H3,(H,50,56)(H,51,57)/t31-,42+,44-,48+/m1/s1. The van der Waals surface area contributed by atoms with Crippen LogP contribution in [-0.4, -0.2) is 75.5 Å². The van der Waals surface area contributed by atoms with E-state index in [2.05, 4.69) is 10.6 Å². The van der Waals surface area contributed by atoms with Crippen LogP contribution >= 0.6 is 0 Å². The van der Waals surface area contributed by atoms with Crippen LogP contribution in [0.25, 0.3) is 0 Å². The molecule has 2 heterocycles. The molecule has 2 aliphatic rings. The number of carbonyl (C=O) groups excluding carboxylic acids is 4. The summed E-state index contributed by atoms with van der Waals surface area (Å²) in [5, 5.41) is 15.8. The summed E-state index contributed by atoms with van der Waals surface area (Å²) in [6, 6.07) is 35.1. The number of nitrogens with zero attached hydrogens (tertiary/aromatic N) is 2. The van der Waals surface area contributed by atoms with Crippen molar-refractivity contribution in [2.45, 2.75) is 56.8 Å². The van der Waals surface area contributed by atoms with E-state index in [-0.39, 0.29) is 50.4 Å². The first-order valence-corrected chi connectivity index (χ1v) is 23.5. The second-order valence-corrected chi connectivity index (χ2v) is 20.0. The number of carbonyl (C=O) groups is 4. The minimum absolute atomic E-state index is 0.0685. The van der Waals surface area contributed by atoms with Crippen molar-refractivity contribution in [3.8, 4) is 11.5 Å². The van der Waals surface area contributed by atoms with Crippen molar-refractivity contribution in [2.75, 3.05) is 42.9 Å². The van der Waals surface area contributed by atoms with Crippen LogP contribution in [-0.2, 0) is 33.0 Å². The minimum atomic E-state index is -3.66. The van der Waals surface area contributed by atoms with Gasteiger partial charge in [-0.25, -0.2) is 0 Å². The number of aliphatic hydroxyl groups excluding tert-OH is 1. The Labute approximate surface area is 361 Å². The minimum Gasteiger partial charge on any atom is -0.497 e. The Morgan fingerprint density at radius 3 is 1.92 bits per heavy atom. The maximum atomic E-state index is 16.8. The third-order valence-electron chi connectivity index (χ3n) is 11.8. The highest BCUT2D eigenvalue weighted by molar-refractivity contribution is 6.72. The number of benzene rings is 5. The zero-order valence-corrected chi connectivity index (χ0v) is 36.4. The quantitative estimate of drug-likeness (QED) is 0.0711. The maximum Gasteiger partial charge on any atom is 0.264 e. The van der Waals surface area contributed by atoms with Crippen molar-refractivity contribution in [1.29, 1.82) is 0 Å². The van der Waals surface area contributed by atoms with E-state index in [0.717, 1.165) is 11.1 Å². The highest BCUT2D eigenvalue weighted by Crippen LogP contribution is 2.60. The summed E-state index contributed by atoms with van der Waals surface area (Å²) < 4.78 is 34.1. The smallest absolute Gasteiger partial charge is 0.264 e. The fourth-order valence-electron chi connectivity index (χ4n) is 8.77. The molecule has 62 heavy (non-hydrogen) atoms. The topological polar surface area (TPSA) is 147 Å². The van der Waals surface area contributed by atoms with Gasteiger partial charge < -0.3 is 43.9 Å². The number of fused-ring (bicyclic) bond motifs is 2. The number of amides is 4. The number of methoxy groups -OCH3 is 2. The average molecular weight is 859 g/mol. The van der Waals surface area contributed by atoms with Crippen LogP contribution in [0.3, 0.4) is 0 Å². The molecule has 7 rings (SSSR count). The lowest BCUT2D eigenvalue weighted by Crippen LogP contribution is -2.45. The normalized spacial score (nSPS) is 19.2. The molecule has 0 unspecified atom stereocenters. The summed E-state index contributed by atoms with van der Waals surface area (Å²) in [5.74, 6) is -0.907. The Bertz CT molecular complexity index is 2410. The molecule has 4 atom stereocenters. The van der Waals surface area contributed by atoms with Crippen LogP contribution < -0.4 is 25.0 Å². The van der Waals surface area contributed by atoms with Gasteiger partial charge in [0.05, 0.1) is 45.6 Å². The molecule has 1 fully saturated rings. The van der Waals surface area contributed by atoms with Crippen LogP contribution in [0, 0.1) is 5.92 Å². The van der Waals surface area contributed by atoms with E-state index < -0.39 is 37.5 Å². The van der Waals surface area contributed by atoms with E-state index in [1.165, 1.54) is 4.90 Å². The lowest BCUT2D eigenvalue weighted by atomic mass is 9.82. The van der Waals surface area contributed by atoms with Crippen LogP contribution in [0.4, 0.5) is 21.2 Å². The summed E-state index contributed by atoms with van der Waals surface area (Å²) in [6.07, 6.45) is -1.17. The van der Waals surface area contributed by atoms with Gasteiger partial charge in [0.2, 0.25) is 14.3 Å². The van der Waals surface area contributed by atoms with Crippen LogP contribution in [0.2, 0.25) is 18.6 Å². The maximum absolute atomic E-state index is 16.8. The van der Waals surface area contributed by atoms with Gasteiger partial charge in [-0.2, -0.15) is 0 Å². The summed E-state index contributed by atoms with van der Waals surface area (Å²) in [6.45, 7) is 5.11. The first-order chi connectivity index (χ1) is 29.7. The number of halogens is 1. The Kier molecular flexibility index (Phi) is 12.9. The molecular weight excluding hydrogens is 808 g/mol. The van der Waals surface area contributed by atoms with E-state index >= 15 is 8.90 Å². The molecule has 0 radical (unpaired) electrons. The van der Waals surface area contributed by atoms with Gasteiger partial charge in [0, 0.05) is 52.6 Å². The molecule has 0 saturated carbocycles. The van der Waals surface area contributed by atoms with Crippen molar-refractivity contribution in [1.82, 2.24) is 4.90 Å². The molecule has 3 N–H and O–H groups in total. The molecule has 4 amide bonds. The van der Waals surface area contributed by atoms with Gasteiger partial charge in [-0.15, -0.1) is 0 Å². The summed E-state index contributed by atoms with van der Waals surface area (Å²) in [7, 11) is -0.567. The summed E-state index contributed by atoms with van der Waals surface area (Å²) in [5.41, 5.74) is 1.92. The highest BCUT2D eigenvalue weighted by Gasteiger charge is 2.67. The third kappa shape index (κ3) is 8.98. The molecule has 2 aliphatic heterocycles. The third-order valence-corrected chi connectivity index (χ3v) is 14.2. The number of aliphatic hydroxyl groups is 1.